The second kappa shape index (κ2) is 5.93. The van der Waals surface area contributed by atoms with Crippen molar-refractivity contribution in [3.8, 4) is 0 Å². The number of benzene rings is 1. The van der Waals surface area contributed by atoms with Crippen LogP contribution in [-0.4, -0.2) is 34.8 Å². The van der Waals surface area contributed by atoms with Crippen molar-refractivity contribution < 1.29 is 19.0 Å². The molecule has 1 N–H and O–H groups in total. The Labute approximate surface area is 132 Å². The maximum absolute atomic E-state index is 13.7. The molecule has 1 saturated heterocycles. The molecular weight excluding hydrogens is 341 g/mol. The Morgan fingerprint density at radius 3 is 2.67 bits per heavy atom. The second-order valence-electron chi connectivity index (χ2n) is 6.26. The molecule has 4 nitrogen and oxygen atoms in total. The van der Waals surface area contributed by atoms with Crippen LogP contribution in [0.15, 0.2) is 22.7 Å². The van der Waals surface area contributed by atoms with Crippen molar-refractivity contribution >= 4 is 22.0 Å². The summed E-state index contributed by atoms with van der Waals surface area (Å²) in [6.07, 6.45) is -1.33. The summed E-state index contributed by atoms with van der Waals surface area (Å²) in [7, 11) is 0. The summed E-state index contributed by atoms with van der Waals surface area (Å²) in [6.45, 7) is 6.12. The molecule has 6 heteroatoms. The van der Waals surface area contributed by atoms with Gasteiger partial charge in [0, 0.05) is 29.0 Å². The number of ether oxygens (including phenoxy) is 1. The lowest BCUT2D eigenvalue weighted by molar-refractivity contribution is -0.0321. The first-order valence-electron chi connectivity index (χ1n) is 6.78. The van der Waals surface area contributed by atoms with Crippen LogP contribution in [-0.2, 0) is 4.74 Å². The molecule has 116 valence electrons. The van der Waals surface area contributed by atoms with Gasteiger partial charge in [0.2, 0.25) is 0 Å². The summed E-state index contributed by atoms with van der Waals surface area (Å²) in [4.78, 5) is 13.3. The predicted octanol–water partition coefficient (Wildman–Crippen LogP) is 3.49. The van der Waals surface area contributed by atoms with E-state index in [9.17, 15) is 14.3 Å². The zero-order chi connectivity index (χ0) is 15.8. The van der Waals surface area contributed by atoms with E-state index in [0.29, 0.717) is 17.6 Å². The molecule has 1 atom stereocenters. The van der Waals surface area contributed by atoms with E-state index in [0.717, 1.165) is 0 Å². The van der Waals surface area contributed by atoms with E-state index in [1.165, 1.54) is 11.0 Å². The van der Waals surface area contributed by atoms with Gasteiger partial charge in [-0.1, -0.05) is 15.9 Å². The fourth-order valence-corrected chi connectivity index (χ4v) is 2.56. The van der Waals surface area contributed by atoms with E-state index in [2.05, 4.69) is 15.9 Å². The van der Waals surface area contributed by atoms with Crippen LogP contribution in [0.25, 0.3) is 0 Å². The molecule has 1 aromatic carbocycles. The highest BCUT2D eigenvalue weighted by Crippen LogP contribution is 2.33. The minimum absolute atomic E-state index is 0.179. The third-order valence-corrected chi connectivity index (χ3v) is 3.78. The third-order valence-electron chi connectivity index (χ3n) is 3.28. The van der Waals surface area contributed by atoms with Crippen LogP contribution >= 0.6 is 15.9 Å². The summed E-state index contributed by atoms with van der Waals surface area (Å²) in [6, 6.07) is 4.46. The minimum atomic E-state index is -0.929. The van der Waals surface area contributed by atoms with Crippen molar-refractivity contribution in [3.63, 3.8) is 0 Å². The van der Waals surface area contributed by atoms with Crippen molar-refractivity contribution in [1.29, 1.82) is 0 Å². The van der Waals surface area contributed by atoms with Crippen molar-refractivity contribution in [1.82, 2.24) is 4.90 Å². The van der Waals surface area contributed by atoms with Gasteiger partial charge in [-0.05, 0) is 39.0 Å². The van der Waals surface area contributed by atoms with Gasteiger partial charge >= 0.3 is 6.09 Å². The number of hydrogen-bond acceptors (Lipinski definition) is 3. The quantitative estimate of drug-likeness (QED) is 0.879. The number of halogens is 2. The Balaban J connectivity index is 1.95. The summed E-state index contributed by atoms with van der Waals surface area (Å²) in [5.41, 5.74) is -0.296. The number of hydrogen-bond donors (Lipinski definition) is 1. The summed E-state index contributed by atoms with van der Waals surface area (Å²) >= 11 is 3.26. The van der Waals surface area contributed by atoms with Gasteiger partial charge in [-0.3, -0.25) is 0 Å². The normalized spacial score (nSPS) is 17.3. The van der Waals surface area contributed by atoms with Crippen LogP contribution in [0.5, 0.6) is 0 Å². The SMILES string of the molecule is CC(C)(C)OC(=O)N1CC(C(O)c2cc(Br)ccc2F)C1. The third kappa shape index (κ3) is 3.95. The predicted molar refractivity (Wildman–Crippen MR) is 80.4 cm³/mol. The fourth-order valence-electron chi connectivity index (χ4n) is 2.18. The number of rotatable bonds is 2. The first-order valence-corrected chi connectivity index (χ1v) is 7.57. The second-order valence-corrected chi connectivity index (χ2v) is 7.17. The molecule has 1 heterocycles. The molecule has 1 amide bonds. The standard InChI is InChI=1S/C15H19BrFNO3/c1-15(2,3)21-14(20)18-7-9(8-18)13(19)11-6-10(16)4-5-12(11)17/h4-6,9,13,19H,7-8H2,1-3H3. The zero-order valence-electron chi connectivity index (χ0n) is 12.3. The van der Waals surface area contributed by atoms with Gasteiger partial charge in [-0.2, -0.15) is 0 Å². The van der Waals surface area contributed by atoms with E-state index in [1.807, 2.05) is 0 Å². The topological polar surface area (TPSA) is 49.8 Å². The zero-order valence-corrected chi connectivity index (χ0v) is 13.9. The Morgan fingerprint density at radius 2 is 2.10 bits per heavy atom. The molecule has 1 aliphatic rings. The van der Waals surface area contributed by atoms with Crippen LogP contribution in [0.1, 0.15) is 32.4 Å². The number of carbonyl (C=O) groups is 1. The average Bonchev–Trinajstić information content (AvgIpc) is 2.27. The van der Waals surface area contributed by atoms with E-state index < -0.39 is 23.6 Å². The van der Waals surface area contributed by atoms with Gasteiger partial charge in [0.15, 0.2) is 0 Å². The first kappa shape index (κ1) is 16.2. The van der Waals surface area contributed by atoms with Crippen LogP contribution < -0.4 is 0 Å². The number of aliphatic hydroxyl groups is 1. The molecule has 2 rings (SSSR count). The van der Waals surface area contributed by atoms with Crippen LogP contribution in [0.2, 0.25) is 0 Å². The van der Waals surface area contributed by atoms with E-state index in [-0.39, 0.29) is 11.5 Å². The number of likely N-dealkylation sites (tertiary alicyclic amines) is 1. The molecule has 21 heavy (non-hydrogen) atoms. The van der Waals surface area contributed by atoms with Gasteiger partial charge in [0.1, 0.15) is 11.4 Å². The summed E-state index contributed by atoms with van der Waals surface area (Å²) < 4.78 is 19.7. The molecular formula is C15H19BrFNO3. The molecule has 1 unspecified atom stereocenters. The molecule has 1 aromatic rings. The number of amides is 1. The Kier molecular flexibility index (Phi) is 4.58. The van der Waals surface area contributed by atoms with Gasteiger partial charge in [-0.25, -0.2) is 9.18 Å². The van der Waals surface area contributed by atoms with Crippen molar-refractivity contribution in [2.45, 2.75) is 32.5 Å². The molecule has 0 saturated carbocycles. The lowest BCUT2D eigenvalue weighted by atomic mass is 9.89. The van der Waals surface area contributed by atoms with Crippen LogP contribution in [0.3, 0.4) is 0 Å². The summed E-state index contributed by atoms with van der Waals surface area (Å²) in [5, 5.41) is 10.2. The molecule has 0 aliphatic carbocycles. The van der Waals surface area contributed by atoms with Gasteiger partial charge in [0.05, 0.1) is 6.10 Å². The molecule has 0 aromatic heterocycles. The first-order chi connectivity index (χ1) is 9.67. The largest absolute Gasteiger partial charge is 0.444 e. The molecule has 1 aliphatic heterocycles. The highest BCUT2D eigenvalue weighted by Gasteiger charge is 2.38. The number of aliphatic hydroxyl groups excluding tert-OH is 1. The Bertz CT molecular complexity index is 538. The fraction of sp³-hybridized carbons (Fsp3) is 0.533. The molecule has 0 radical (unpaired) electrons. The summed E-state index contributed by atoms with van der Waals surface area (Å²) in [5.74, 6) is -0.622. The Morgan fingerprint density at radius 1 is 1.48 bits per heavy atom. The van der Waals surface area contributed by atoms with E-state index in [1.54, 1.807) is 32.9 Å². The monoisotopic (exact) mass is 359 g/mol. The molecule has 1 fully saturated rings. The highest BCUT2D eigenvalue weighted by atomic mass is 79.9. The molecule has 0 spiro atoms. The van der Waals surface area contributed by atoms with Crippen molar-refractivity contribution in [2.24, 2.45) is 5.92 Å². The lowest BCUT2D eigenvalue weighted by Crippen LogP contribution is -2.53. The maximum Gasteiger partial charge on any atom is 0.410 e. The minimum Gasteiger partial charge on any atom is -0.444 e. The van der Waals surface area contributed by atoms with E-state index >= 15 is 0 Å². The number of nitrogens with zero attached hydrogens (tertiary/aromatic N) is 1. The van der Waals surface area contributed by atoms with Crippen LogP contribution in [0.4, 0.5) is 9.18 Å². The lowest BCUT2D eigenvalue weighted by Gasteiger charge is -2.42. The van der Waals surface area contributed by atoms with Gasteiger partial charge < -0.3 is 14.7 Å². The average molecular weight is 360 g/mol. The Hall–Kier alpha value is -1.14. The number of carbonyl (C=O) groups excluding carboxylic acids is 1. The molecule has 0 bridgehead atoms. The van der Waals surface area contributed by atoms with Crippen LogP contribution in [0, 0.1) is 11.7 Å². The van der Waals surface area contributed by atoms with Gasteiger partial charge in [0.25, 0.3) is 0 Å². The van der Waals surface area contributed by atoms with E-state index in [4.69, 9.17) is 4.74 Å². The van der Waals surface area contributed by atoms with Crippen molar-refractivity contribution in [3.05, 3.63) is 34.1 Å². The highest BCUT2D eigenvalue weighted by molar-refractivity contribution is 9.10. The smallest absolute Gasteiger partial charge is 0.410 e. The maximum atomic E-state index is 13.7. The van der Waals surface area contributed by atoms with Gasteiger partial charge in [-0.15, -0.1) is 0 Å². The van der Waals surface area contributed by atoms with Crippen molar-refractivity contribution in [2.75, 3.05) is 13.1 Å².